The van der Waals surface area contributed by atoms with E-state index in [0.717, 1.165) is 33.5 Å². The molecule has 12 heteroatoms. The van der Waals surface area contributed by atoms with Crippen LogP contribution in [0.1, 0.15) is 42.2 Å². The number of aromatic hydroxyl groups is 1. The first kappa shape index (κ1) is 24.2. The van der Waals surface area contributed by atoms with Gasteiger partial charge in [0.05, 0.1) is 17.3 Å². The predicted octanol–water partition coefficient (Wildman–Crippen LogP) is 2.98. The van der Waals surface area contributed by atoms with Crippen molar-refractivity contribution in [1.29, 1.82) is 0 Å². The minimum atomic E-state index is -1.20. The molecule has 0 spiro atoms. The zero-order valence-corrected chi connectivity index (χ0v) is 19.2. The summed E-state index contributed by atoms with van der Waals surface area (Å²) in [5.74, 6) is -3.92. The van der Waals surface area contributed by atoms with E-state index in [1.54, 1.807) is 0 Å². The highest BCUT2D eigenvalue weighted by atomic mass is 19.2. The largest absolute Gasteiger partial charge is 0.505 e. The highest BCUT2D eigenvalue weighted by molar-refractivity contribution is 5.94. The van der Waals surface area contributed by atoms with E-state index in [1.807, 2.05) is 0 Å². The summed E-state index contributed by atoms with van der Waals surface area (Å²) in [5.41, 5.74) is -1.95. The van der Waals surface area contributed by atoms with E-state index in [1.165, 1.54) is 24.4 Å². The van der Waals surface area contributed by atoms with Crippen molar-refractivity contribution >= 4 is 16.9 Å². The minimum absolute atomic E-state index is 0.0714. The molecule has 3 aromatic heterocycles. The van der Waals surface area contributed by atoms with Crippen molar-refractivity contribution < 1.29 is 23.1 Å². The third-order valence-corrected chi connectivity index (χ3v) is 6.45. The van der Waals surface area contributed by atoms with Gasteiger partial charge in [-0.05, 0) is 56.0 Å². The van der Waals surface area contributed by atoms with Crippen LogP contribution in [0.2, 0.25) is 0 Å². The van der Waals surface area contributed by atoms with Crippen LogP contribution in [0, 0.1) is 17.5 Å². The first-order chi connectivity index (χ1) is 17.7. The third kappa shape index (κ3) is 4.46. The number of nitrogens with zero attached hydrogens (tertiary/aromatic N) is 4. The Morgan fingerprint density at radius 3 is 2.46 bits per heavy atom. The molecule has 37 heavy (non-hydrogen) atoms. The van der Waals surface area contributed by atoms with Crippen molar-refractivity contribution in [2.24, 2.45) is 0 Å². The quantitative estimate of drug-likeness (QED) is 0.435. The summed E-state index contributed by atoms with van der Waals surface area (Å²) >= 11 is 0. The summed E-state index contributed by atoms with van der Waals surface area (Å²) in [6.07, 6.45) is 3.66. The fraction of sp³-hybridized carbons (Fsp3) is 0.240. The van der Waals surface area contributed by atoms with Gasteiger partial charge in [-0.3, -0.25) is 14.2 Å². The molecule has 3 heterocycles. The standard InChI is InChI=1S/C25H20F3N5O4/c26-13-10-17-22(30-12-13)32(16-7-8-18(27)19(28)11-16)25(37)33(24(17)36)15-5-3-14(4-6-15)31-23(35)21-20(34)2-1-9-29-21/h1-2,7-12,14-15,34H,3-6H2,(H,31,35). The summed E-state index contributed by atoms with van der Waals surface area (Å²) in [4.78, 5) is 47.1. The molecule has 0 bridgehead atoms. The number of carbonyl (C=O) groups excluding carboxylic acids is 1. The van der Waals surface area contributed by atoms with Crippen LogP contribution in [0.25, 0.3) is 16.7 Å². The van der Waals surface area contributed by atoms with Crippen molar-refractivity contribution in [3.63, 3.8) is 0 Å². The van der Waals surface area contributed by atoms with Crippen LogP contribution >= 0.6 is 0 Å². The summed E-state index contributed by atoms with van der Waals surface area (Å²) in [7, 11) is 0. The average molecular weight is 511 g/mol. The molecular formula is C25H20F3N5O4. The number of hydrogen-bond donors (Lipinski definition) is 2. The molecule has 1 aliphatic carbocycles. The number of amides is 1. The lowest BCUT2D eigenvalue weighted by Gasteiger charge is -2.30. The number of pyridine rings is 2. The van der Waals surface area contributed by atoms with Gasteiger partial charge in [0, 0.05) is 24.3 Å². The van der Waals surface area contributed by atoms with Gasteiger partial charge in [0.1, 0.15) is 11.6 Å². The van der Waals surface area contributed by atoms with E-state index in [2.05, 4.69) is 15.3 Å². The molecule has 2 N–H and O–H groups in total. The van der Waals surface area contributed by atoms with Crippen LogP contribution in [-0.4, -0.2) is 36.2 Å². The molecule has 0 atom stereocenters. The number of aromatic nitrogens is 4. The Balaban J connectivity index is 1.49. The maximum Gasteiger partial charge on any atom is 0.337 e. The van der Waals surface area contributed by atoms with Crippen LogP contribution in [0.4, 0.5) is 13.2 Å². The zero-order valence-electron chi connectivity index (χ0n) is 19.2. The van der Waals surface area contributed by atoms with Gasteiger partial charge >= 0.3 is 5.69 Å². The summed E-state index contributed by atoms with van der Waals surface area (Å²) in [6.45, 7) is 0. The molecule has 1 saturated carbocycles. The Morgan fingerprint density at radius 2 is 1.76 bits per heavy atom. The SMILES string of the molecule is O=C(NC1CCC(n2c(=O)c3cc(F)cnc3n(-c3ccc(F)c(F)c3)c2=O)CC1)c1ncccc1O. The third-order valence-electron chi connectivity index (χ3n) is 6.45. The Hall–Kier alpha value is -4.48. The van der Waals surface area contributed by atoms with Gasteiger partial charge < -0.3 is 10.4 Å². The first-order valence-electron chi connectivity index (χ1n) is 11.5. The fourth-order valence-electron chi connectivity index (χ4n) is 4.67. The number of rotatable bonds is 4. The van der Waals surface area contributed by atoms with Crippen LogP contribution < -0.4 is 16.6 Å². The van der Waals surface area contributed by atoms with Crippen molar-refractivity contribution in [1.82, 2.24) is 24.4 Å². The number of benzene rings is 1. The van der Waals surface area contributed by atoms with Gasteiger partial charge in [-0.1, -0.05) is 0 Å². The molecule has 5 rings (SSSR count). The summed E-state index contributed by atoms with van der Waals surface area (Å²) < 4.78 is 43.5. The van der Waals surface area contributed by atoms with E-state index < -0.39 is 40.6 Å². The predicted molar refractivity (Wildman–Crippen MR) is 126 cm³/mol. The normalized spacial score (nSPS) is 17.6. The second-order valence-electron chi connectivity index (χ2n) is 8.77. The molecule has 1 aliphatic rings. The van der Waals surface area contributed by atoms with E-state index in [0.29, 0.717) is 25.7 Å². The Labute approximate surface area is 206 Å². The first-order valence-corrected chi connectivity index (χ1v) is 11.5. The second kappa shape index (κ2) is 9.52. The molecule has 1 aromatic carbocycles. The maximum absolute atomic E-state index is 14.0. The van der Waals surface area contributed by atoms with Gasteiger partial charge in [0.2, 0.25) is 0 Å². The second-order valence-corrected chi connectivity index (χ2v) is 8.77. The Morgan fingerprint density at radius 1 is 1.00 bits per heavy atom. The van der Waals surface area contributed by atoms with Gasteiger partial charge in [-0.15, -0.1) is 0 Å². The number of fused-ring (bicyclic) bond motifs is 1. The van der Waals surface area contributed by atoms with Gasteiger partial charge in [-0.2, -0.15) is 0 Å². The molecule has 0 aliphatic heterocycles. The highest BCUT2D eigenvalue weighted by Gasteiger charge is 2.29. The Bertz CT molecular complexity index is 1640. The lowest BCUT2D eigenvalue weighted by molar-refractivity contribution is 0.0914. The number of halogens is 3. The number of carbonyl (C=O) groups is 1. The molecular weight excluding hydrogens is 491 g/mol. The van der Waals surface area contributed by atoms with Crippen LogP contribution in [0.5, 0.6) is 5.75 Å². The van der Waals surface area contributed by atoms with Crippen LogP contribution in [0.3, 0.4) is 0 Å². The van der Waals surface area contributed by atoms with Gasteiger partial charge in [0.15, 0.2) is 23.0 Å². The number of nitrogens with one attached hydrogen (secondary N) is 1. The molecule has 9 nitrogen and oxygen atoms in total. The lowest BCUT2D eigenvalue weighted by Crippen LogP contribution is -2.45. The Kier molecular flexibility index (Phi) is 6.24. The molecule has 0 radical (unpaired) electrons. The monoisotopic (exact) mass is 511 g/mol. The average Bonchev–Trinajstić information content (AvgIpc) is 2.88. The molecule has 190 valence electrons. The van der Waals surface area contributed by atoms with E-state index in [9.17, 15) is 32.7 Å². The van der Waals surface area contributed by atoms with Crippen molar-refractivity contribution in [2.45, 2.75) is 37.8 Å². The van der Waals surface area contributed by atoms with Gasteiger partial charge in [-0.25, -0.2) is 32.5 Å². The van der Waals surface area contributed by atoms with Crippen LogP contribution in [0.15, 0.2) is 58.4 Å². The van der Waals surface area contributed by atoms with E-state index >= 15 is 0 Å². The van der Waals surface area contributed by atoms with E-state index in [4.69, 9.17) is 0 Å². The smallest absolute Gasteiger partial charge is 0.337 e. The fourth-order valence-corrected chi connectivity index (χ4v) is 4.67. The number of hydrogen-bond acceptors (Lipinski definition) is 6. The molecule has 1 amide bonds. The van der Waals surface area contributed by atoms with Crippen molar-refractivity contribution in [2.75, 3.05) is 0 Å². The maximum atomic E-state index is 14.0. The summed E-state index contributed by atoms with van der Waals surface area (Å²) in [5, 5.41) is 12.5. The topological polar surface area (TPSA) is 119 Å². The molecule has 0 unspecified atom stereocenters. The molecule has 4 aromatic rings. The molecule has 0 saturated heterocycles. The lowest BCUT2D eigenvalue weighted by atomic mass is 9.90. The highest BCUT2D eigenvalue weighted by Crippen LogP contribution is 2.28. The van der Waals surface area contributed by atoms with Gasteiger partial charge in [0.25, 0.3) is 11.5 Å². The summed E-state index contributed by atoms with van der Waals surface area (Å²) in [6, 6.07) is 5.70. The van der Waals surface area contributed by atoms with Crippen molar-refractivity contribution in [3.8, 4) is 11.4 Å². The van der Waals surface area contributed by atoms with E-state index in [-0.39, 0.29) is 34.2 Å². The zero-order chi connectivity index (χ0) is 26.3. The van der Waals surface area contributed by atoms with Crippen LogP contribution in [-0.2, 0) is 0 Å². The van der Waals surface area contributed by atoms with Crippen molar-refractivity contribution in [3.05, 3.63) is 92.8 Å². The minimum Gasteiger partial charge on any atom is -0.505 e. The molecule has 1 fully saturated rings.